The van der Waals surface area contributed by atoms with E-state index in [0.29, 0.717) is 17.5 Å². The molecule has 9 heteroatoms. The van der Waals surface area contributed by atoms with E-state index in [0.717, 1.165) is 0 Å². The van der Waals surface area contributed by atoms with Gasteiger partial charge in [0.2, 0.25) is 10.0 Å². The van der Waals surface area contributed by atoms with Gasteiger partial charge in [-0.15, -0.1) is 11.6 Å². The molecule has 0 aliphatic heterocycles. The van der Waals surface area contributed by atoms with Crippen molar-refractivity contribution in [2.45, 2.75) is 16.7 Å². The van der Waals surface area contributed by atoms with Crippen molar-refractivity contribution in [3.8, 4) is 0 Å². The summed E-state index contributed by atoms with van der Waals surface area (Å²) in [5.74, 6) is 0. The van der Waals surface area contributed by atoms with E-state index in [1.165, 1.54) is 19.2 Å². The number of benzene rings is 1. The number of rotatable bonds is 7. The summed E-state index contributed by atoms with van der Waals surface area (Å²) in [7, 11) is -2.25. The van der Waals surface area contributed by atoms with E-state index in [1.54, 1.807) is 0 Å². The first-order chi connectivity index (χ1) is 9.27. The summed E-state index contributed by atoms with van der Waals surface area (Å²) in [6.45, 7) is 0.520. The van der Waals surface area contributed by atoms with Crippen LogP contribution in [0.2, 0.25) is 10.0 Å². The Labute approximate surface area is 141 Å². The number of hydrogen-bond donors (Lipinski definition) is 1. The summed E-state index contributed by atoms with van der Waals surface area (Å²) in [5.41, 5.74) is 0. The number of nitrogens with one attached hydrogen (secondary N) is 1. The molecule has 0 aliphatic carbocycles. The predicted octanol–water partition coefficient (Wildman–Crippen LogP) is 3.68. The van der Waals surface area contributed by atoms with Gasteiger partial charge >= 0.3 is 0 Å². The van der Waals surface area contributed by atoms with E-state index in [-0.39, 0.29) is 26.9 Å². The third-order valence-electron chi connectivity index (χ3n) is 2.33. The van der Waals surface area contributed by atoms with Gasteiger partial charge < -0.3 is 4.74 Å². The van der Waals surface area contributed by atoms with Crippen molar-refractivity contribution in [3.63, 3.8) is 0 Å². The van der Waals surface area contributed by atoms with Crippen LogP contribution in [0.25, 0.3) is 0 Å². The highest BCUT2D eigenvalue weighted by molar-refractivity contribution is 9.10. The molecule has 0 aliphatic rings. The lowest BCUT2D eigenvalue weighted by atomic mass is 10.3. The molecule has 0 amide bonds. The molecule has 1 aromatic carbocycles. The largest absolute Gasteiger partial charge is 0.383 e. The Balaban J connectivity index is 2.80. The molecule has 4 nitrogen and oxygen atoms in total. The molecule has 1 atom stereocenters. The van der Waals surface area contributed by atoms with Gasteiger partial charge in [-0.2, -0.15) is 0 Å². The van der Waals surface area contributed by atoms with Crippen LogP contribution in [0.5, 0.6) is 0 Å². The van der Waals surface area contributed by atoms with Crippen molar-refractivity contribution < 1.29 is 13.2 Å². The number of sulfonamides is 1. The third-order valence-corrected chi connectivity index (χ3v) is 5.51. The highest BCUT2D eigenvalue weighted by Gasteiger charge is 2.22. The Bertz CT molecular complexity index is 545. The van der Waals surface area contributed by atoms with Crippen LogP contribution in [-0.4, -0.2) is 34.1 Å². The highest BCUT2D eigenvalue weighted by atomic mass is 79.9. The van der Waals surface area contributed by atoms with Gasteiger partial charge in [-0.3, -0.25) is 0 Å². The van der Waals surface area contributed by atoms with E-state index in [1.807, 2.05) is 0 Å². The predicted molar refractivity (Wildman–Crippen MR) is 85.5 cm³/mol. The summed E-state index contributed by atoms with van der Waals surface area (Å²) in [5, 5.41) is -0.161. The van der Waals surface area contributed by atoms with Crippen molar-refractivity contribution in [2.75, 3.05) is 20.3 Å². The molecule has 0 heterocycles. The lowest BCUT2D eigenvalue weighted by molar-refractivity contribution is 0.196. The molecule has 0 spiro atoms. The van der Waals surface area contributed by atoms with Crippen LogP contribution in [0, 0.1) is 0 Å². The van der Waals surface area contributed by atoms with E-state index in [2.05, 4.69) is 20.7 Å². The van der Waals surface area contributed by atoms with E-state index in [4.69, 9.17) is 39.5 Å². The molecule has 0 aromatic heterocycles. The maximum Gasteiger partial charge on any atom is 0.243 e. The molecule has 0 radical (unpaired) electrons. The van der Waals surface area contributed by atoms with Crippen LogP contribution in [0.4, 0.5) is 0 Å². The van der Waals surface area contributed by atoms with Crippen LogP contribution < -0.4 is 4.72 Å². The Morgan fingerprint density at radius 2 is 1.90 bits per heavy atom. The van der Waals surface area contributed by atoms with Crippen molar-refractivity contribution in [3.05, 3.63) is 26.7 Å². The van der Waals surface area contributed by atoms with Gasteiger partial charge in [0.1, 0.15) is 4.90 Å². The number of methoxy groups -OCH3 is 1. The van der Waals surface area contributed by atoms with Gasteiger partial charge in [-0.05, 0) is 18.6 Å². The molecule has 1 aromatic rings. The monoisotopic (exact) mass is 423 g/mol. The second-order valence-electron chi connectivity index (χ2n) is 3.94. The number of halogens is 4. The molecular weight excluding hydrogens is 412 g/mol. The molecule has 0 saturated heterocycles. The lowest BCUT2D eigenvalue weighted by Crippen LogP contribution is -2.27. The minimum Gasteiger partial charge on any atom is -0.383 e. The zero-order valence-electron chi connectivity index (χ0n) is 10.5. The fourth-order valence-corrected chi connectivity index (χ4v) is 4.69. The fourth-order valence-electron chi connectivity index (χ4n) is 1.47. The first-order valence-corrected chi connectivity index (χ1v) is 9.02. The Kier molecular flexibility index (Phi) is 7.56. The standard InChI is InChI=1S/C11H13BrCl3NO3S/c1-19-6-8(13)2-3-16-20(17,18)11-9(14)4-7(12)5-10(11)15/h4-5,8,16H,2-3,6H2,1H3. The Hall–Kier alpha value is 0.440. The topological polar surface area (TPSA) is 55.4 Å². The quantitative estimate of drug-likeness (QED) is 0.678. The maximum atomic E-state index is 12.2. The summed E-state index contributed by atoms with van der Waals surface area (Å²) >= 11 is 21.0. The summed E-state index contributed by atoms with van der Waals surface area (Å²) < 4.78 is 32.2. The van der Waals surface area contributed by atoms with Crippen LogP contribution in [-0.2, 0) is 14.8 Å². The average Bonchev–Trinajstić information content (AvgIpc) is 2.26. The van der Waals surface area contributed by atoms with Gasteiger partial charge in [0.25, 0.3) is 0 Å². The number of ether oxygens (including phenoxy) is 1. The smallest absolute Gasteiger partial charge is 0.243 e. The highest BCUT2D eigenvalue weighted by Crippen LogP contribution is 2.32. The molecule has 0 fully saturated rings. The average molecular weight is 426 g/mol. The number of hydrogen-bond acceptors (Lipinski definition) is 3. The van der Waals surface area contributed by atoms with Crippen molar-refractivity contribution in [1.82, 2.24) is 4.72 Å². The lowest BCUT2D eigenvalue weighted by Gasteiger charge is -2.12. The van der Waals surface area contributed by atoms with Gasteiger partial charge in [-0.25, -0.2) is 13.1 Å². The minimum absolute atomic E-state index is 0.0520. The normalized spacial score (nSPS) is 13.4. The molecule has 0 bridgehead atoms. The molecule has 114 valence electrons. The van der Waals surface area contributed by atoms with Crippen LogP contribution >= 0.6 is 50.7 Å². The first kappa shape index (κ1) is 18.5. The van der Waals surface area contributed by atoms with Gasteiger partial charge in [0, 0.05) is 18.1 Å². The third kappa shape index (κ3) is 5.33. The second kappa shape index (κ2) is 8.17. The fraction of sp³-hybridized carbons (Fsp3) is 0.455. The second-order valence-corrected chi connectivity index (χ2v) is 7.99. The molecule has 0 saturated carbocycles. The van der Waals surface area contributed by atoms with Gasteiger partial charge in [0.05, 0.1) is 22.0 Å². The van der Waals surface area contributed by atoms with Gasteiger partial charge in [0.15, 0.2) is 0 Å². The van der Waals surface area contributed by atoms with Crippen LogP contribution in [0.1, 0.15) is 6.42 Å². The van der Waals surface area contributed by atoms with Crippen molar-refractivity contribution >= 4 is 60.8 Å². The molecular formula is C11H13BrCl3NO3S. The molecule has 1 N–H and O–H groups in total. The molecule has 1 rings (SSSR count). The first-order valence-electron chi connectivity index (χ1n) is 5.55. The van der Waals surface area contributed by atoms with E-state index < -0.39 is 10.0 Å². The maximum absolute atomic E-state index is 12.2. The van der Waals surface area contributed by atoms with Crippen molar-refractivity contribution in [2.24, 2.45) is 0 Å². The Morgan fingerprint density at radius 1 is 1.35 bits per heavy atom. The van der Waals surface area contributed by atoms with E-state index in [9.17, 15) is 8.42 Å². The number of alkyl halides is 1. The van der Waals surface area contributed by atoms with Crippen molar-refractivity contribution in [1.29, 1.82) is 0 Å². The Morgan fingerprint density at radius 3 is 2.40 bits per heavy atom. The van der Waals surface area contributed by atoms with E-state index >= 15 is 0 Å². The summed E-state index contributed by atoms with van der Waals surface area (Å²) in [6, 6.07) is 2.94. The SMILES string of the molecule is COCC(Cl)CCNS(=O)(=O)c1c(Cl)cc(Br)cc1Cl. The minimum atomic E-state index is -3.78. The zero-order chi connectivity index (χ0) is 15.3. The van der Waals surface area contributed by atoms with Gasteiger partial charge in [-0.1, -0.05) is 39.1 Å². The molecule has 1 unspecified atom stereocenters. The summed E-state index contributed by atoms with van der Waals surface area (Å²) in [4.78, 5) is -0.137. The van der Waals surface area contributed by atoms with Crippen LogP contribution in [0.3, 0.4) is 0 Å². The van der Waals surface area contributed by atoms with Crippen LogP contribution in [0.15, 0.2) is 21.5 Å². The zero-order valence-corrected chi connectivity index (χ0v) is 15.2. The summed E-state index contributed by atoms with van der Waals surface area (Å²) in [6.07, 6.45) is 0.431. The molecule has 20 heavy (non-hydrogen) atoms.